The average Bonchev–Trinajstić information content (AvgIpc) is 3.70. The van der Waals surface area contributed by atoms with E-state index in [1.54, 1.807) is 21.3 Å². The van der Waals surface area contributed by atoms with Crippen LogP contribution in [0.4, 0.5) is 0 Å². The number of H-pyrrole nitrogens is 2. The van der Waals surface area contributed by atoms with Gasteiger partial charge in [0.2, 0.25) is 0 Å². The molecule has 2 aromatic heterocycles. The Morgan fingerprint density at radius 1 is 0.923 bits per heavy atom. The number of hydrogen-bond acceptors (Lipinski definition) is 7. The smallest absolute Gasteiger partial charge is 0.319 e. The SMILES string of the molecule is CC[C@H]1CN(C)[C@H]2Cc3c([nH]c4ccccc34)[C@H](c3c(OC)ccc4c5c([nH]c34)[C@]3(C(=O)OC)C[C@H]4C[C@H](CC)[C@@H]3N(CC5)C4)C[C@@H]1C2C(=O)OC. The van der Waals surface area contributed by atoms with E-state index in [0.29, 0.717) is 17.8 Å². The summed E-state index contributed by atoms with van der Waals surface area (Å²) in [5, 5.41) is 2.38. The van der Waals surface area contributed by atoms with Crippen LogP contribution < -0.4 is 4.74 Å². The monoisotopic (exact) mass is 706 g/mol. The Morgan fingerprint density at radius 2 is 1.73 bits per heavy atom. The van der Waals surface area contributed by atoms with Crippen molar-refractivity contribution in [3.63, 3.8) is 0 Å². The summed E-state index contributed by atoms with van der Waals surface area (Å²) in [5.41, 5.74) is 7.31. The molecule has 2 N–H and O–H groups in total. The number of rotatable bonds is 6. The Balaban J connectivity index is 1.31. The summed E-state index contributed by atoms with van der Waals surface area (Å²) in [6, 6.07) is 13.1. The number of ether oxygens (including phenoxy) is 3. The zero-order valence-corrected chi connectivity index (χ0v) is 31.6. The number of para-hydroxylation sites is 1. The molecule has 0 radical (unpaired) electrons. The largest absolute Gasteiger partial charge is 0.496 e. The number of nitrogens with one attached hydrogen (secondary N) is 2. The third-order valence-corrected chi connectivity index (χ3v) is 14.6. The molecule has 0 spiro atoms. The summed E-state index contributed by atoms with van der Waals surface area (Å²) in [4.78, 5) is 41.3. The van der Waals surface area contributed by atoms with E-state index >= 15 is 0 Å². The molecule has 4 aliphatic heterocycles. The summed E-state index contributed by atoms with van der Waals surface area (Å²) >= 11 is 0. The van der Waals surface area contributed by atoms with Gasteiger partial charge in [-0.25, -0.2) is 0 Å². The second-order valence-electron chi connectivity index (χ2n) is 16.7. The number of hydrogen-bond donors (Lipinski definition) is 2. The number of esters is 2. The fourth-order valence-electron chi connectivity index (χ4n) is 12.5. The predicted octanol–water partition coefficient (Wildman–Crippen LogP) is 6.57. The Kier molecular flexibility index (Phi) is 8.27. The Morgan fingerprint density at radius 3 is 2.48 bits per heavy atom. The molecule has 2 aliphatic carbocycles. The molecule has 4 fully saturated rings. The van der Waals surface area contributed by atoms with Gasteiger partial charge in [-0.05, 0) is 92.1 Å². The van der Waals surface area contributed by atoms with Gasteiger partial charge in [-0.1, -0.05) is 44.9 Å². The van der Waals surface area contributed by atoms with Crippen molar-refractivity contribution in [2.75, 3.05) is 48.0 Å². The first kappa shape index (κ1) is 34.0. The van der Waals surface area contributed by atoms with Gasteiger partial charge >= 0.3 is 11.9 Å². The van der Waals surface area contributed by atoms with E-state index in [-0.39, 0.29) is 41.8 Å². The van der Waals surface area contributed by atoms with Gasteiger partial charge in [-0.15, -0.1) is 0 Å². The van der Waals surface area contributed by atoms with Gasteiger partial charge in [0.15, 0.2) is 0 Å². The molecule has 0 amide bonds. The highest BCUT2D eigenvalue weighted by atomic mass is 16.5. The van der Waals surface area contributed by atoms with E-state index in [4.69, 9.17) is 14.2 Å². The van der Waals surface area contributed by atoms with Crippen LogP contribution in [0.5, 0.6) is 5.75 Å². The molecule has 2 aromatic carbocycles. The van der Waals surface area contributed by atoms with E-state index in [0.717, 1.165) is 86.2 Å². The highest BCUT2D eigenvalue weighted by Crippen LogP contribution is 2.57. The first-order chi connectivity index (χ1) is 25.3. The van der Waals surface area contributed by atoms with Crippen molar-refractivity contribution in [3.05, 3.63) is 64.5 Å². The number of likely N-dealkylation sites (N-methyl/N-ethyl adjacent to an activating group) is 1. The minimum absolute atomic E-state index is 0.0366. The molecule has 10 atom stereocenters. The first-order valence-electron chi connectivity index (χ1n) is 19.7. The number of aromatic amines is 2. The summed E-state index contributed by atoms with van der Waals surface area (Å²) in [6.45, 7) is 7.48. The standard InChI is InChI=1S/C43H54N4O5/c1-7-24-17-23-20-43(42(49)52-6)39-28(15-16-47(21-23)40(24)43)27-13-14-34(50-4)36(38(27)45-39)31-18-29-25(8-2)22-46(3)33(35(29)41(48)51-5)19-30-26-11-9-10-12-32(26)44-37(30)31/h9-14,23-25,29,31,33,35,40,44-45H,7-8,15-22H2,1-6H3/t23-,24+,25+,29+,31+,33+,35?,40+,43-/m1/s1. The van der Waals surface area contributed by atoms with Crippen molar-refractivity contribution >= 4 is 33.7 Å². The molecule has 276 valence electrons. The van der Waals surface area contributed by atoms with E-state index in [1.165, 1.54) is 34.0 Å². The summed E-state index contributed by atoms with van der Waals surface area (Å²) in [5.74, 6) is 1.62. The van der Waals surface area contributed by atoms with Gasteiger partial charge < -0.3 is 29.1 Å². The maximum atomic E-state index is 14.4. The van der Waals surface area contributed by atoms with Crippen LogP contribution in [0.25, 0.3) is 21.8 Å². The number of carbonyl (C=O) groups excluding carboxylic acids is 2. The van der Waals surface area contributed by atoms with Gasteiger partial charge in [0.05, 0.1) is 32.8 Å². The van der Waals surface area contributed by atoms with Crippen molar-refractivity contribution in [3.8, 4) is 5.75 Å². The maximum absolute atomic E-state index is 14.4. The fraction of sp³-hybridized carbons (Fsp3) is 0.581. The minimum atomic E-state index is -0.746. The topological polar surface area (TPSA) is 99.9 Å². The highest BCUT2D eigenvalue weighted by Gasteiger charge is 2.63. The van der Waals surface area contributed by atoms with Gasteiger partial charge in [0, 0.05) is 70.9 Å². The van der Waals surface area contributed by atoms with E-state index in [1.807, 2.05) is 0 Å². The fourth-order valence-corrected chi connectivity index (χ4v) is 12.5. The molecule has 6 bridgehead atoms. The van der Waals surface area contributed by atoms with Crippen molar-refractivity contribution in [1.82, 2.24) is 19.8 Å². The lowest BCUT2D eigenvalue weighted by atomic mass is 9.56. The normalized spacial score (nSPS) is 33.8. The average molecular weight is 707 g/mol. The number of carbonyl (C=O) groups is 2. The van der Waals surface area contributed by atoms with E-state index in [2.05, 4.69) is 77.1 Å². The third kappa shape index (κ3) is 4.66. The van der Waals surface area contributed by atoms with Crippen LogP contribution >= 0.6 is 0 Å². The quantitative estimate of drug-likeness (QED) is 0.219. The lowest BCUT2D eigenvalue weighted by molar-refractivity contribution is -0.162. The van der Waals surface area contributed by atoms with E-state index < -0.39 is 5.41 Å². The molecule has 1 saturated carbocycles. The second kappa shape index (κ2) is 12.7. The molecule has 9 heteroatoms. The lowest BCUT2D eigenvalue weighted by Gasteiger charge is -2.57. The molecule has 2 unspecified atom stereocenters. The van der Waals surface area contributed by atoms with Gasteiger partial charge in [0.25, 0.3) is 0 Å². The van der Waals surface area contributed by atoms with Crippen LogP contribution in [0, 0.1) is 29.6 Å². The number of aromatic nitrogens is 2. The van der Waals surface area contributed by atoms with Crippen LogP contribution in [-0.4, -0.2) is 91.8 Å². The number of methoxy groups -OCH3 is 3. The van der Waals surface area contributed by atoms with Gasteiger partial charge in [-0.3, -0.25) is 14.5 Å². The summed E-state index contributed by atoms with van der Waals surface area (Å²) in [7, 11) is 7.06. The number of fused-ring (bicyclic) bond motifs is 9. The van der Waals surface area contributed by atoms with Crippen LogP contribution in [0.3, 0.4) is 0 Å². The van der Waals surface area contributed by atoms with E-state index in [9.17, 15) is 9.59 Å². The molecule has 6 heterocycles. The first-order valence-corrected chi connectivity index (χ1v) is 19.7. The zero-order chi connectivity index (χ0) is 36.1. The summed E-state index contributed by atoms with van der Waals surface area (Å²) in [6.07, 6.45) is 6.43. The number of piperidine rings is 3. The predicted molar refractivity (Wildman–Crippen MR) is 202 cm³/mol. The lowest BCUT2D eigenvalue weighted by Crippen LogP contribution is -2.67. The summed E-state index contributed by atoms with van der Waals surface area (Å²) < 4.78 is 17.7. The second-order valence-corrected chi connectivity index (χ2v) is 16.7. The molecular formula is C43H54N4O5. The van der Waals surface area contributed by atoms with Crippen molar-refractivity contribution in [1.29, 1.82) is 0 Å². The highest BCUT2D eigenvalue weighted by molar-refractivity contribution is 5.95. The maximum Gasteiger partial charge on any atom is 0.319 e. The van der Waals surface area contributed by atoms with Crippen LogP contribution in [0.2, 0.25) is 0 Å². The van der Waals surface area contributed by atoms with Crippen molar-refractivity contribution in [2.45, 2.75) is 82.2 Å². The molecule has 52 heavy (non-hydrogen) atoms. The van der Waals surface area contributed by atoms with Crippen LogP contribution in [-0.2, 0) is 37.3 Å². The molecule has 6 aliphatic rings. The van der Waals surface area contributed by atoms with Crippen molar-refractivity contribution in [2.24, 2.45) is 29.6 Å². The van der Waals surface area contributed by atoms with Crippen molar-refractivity contribution < 1.29 is 23.8 Å². The third-order valence-electron chi connectivity index (χ3n) is 14.6. The Labute approximate surface area is 306 Å². The van der Waals surface area contributed by atoms with Gasteiger partial charge in [-0.2, -0.15) is 0 Å². The van der Waals surface area contributed by atoms with Crippen LogP contribution in [0.1, 0.15) is 79.9 Å². The number of nitrogens with zero attached hydrogens (tertiary/aromatic N) is 2. The molecule has 10 rings (SSSR count). The van der Waals surface area contributed by atoms with Crippen LogP contribution in [0.15, 0.2) is 36.4 Å². The zero-order valence-electron chi connectivity index (χ0n) is 31.6. The number of likely N-dealkylation sites (tertiary alicyclic amines) is 1. The molecular weight excluding hydrogens is 652 g/mol. The minimum Gasteiger partial charge on any atom is -0.496 e. The van der Waals surface area contributed by atoms with Gasteiger partial charge in [0.1, 0.15) is 11.2 Å². The Bertz CT molecular complexity index is 2050. The molecule has 9 nitrogen and oxygen atoms in total. The Hall–Kier alpha value is -3.82. The number of benzene rings is 2. The molecule has 4 aromatic rings. The molecule has 3 saturated heterocycles.